The zero-order chi connectivity index (χ0) is 13.5. The molecule has 0 unspecified atom stereocenters. The van der Waals surface area contributed by atoms with E-state index in [0.717, 1.165) is 11.4 Å². The second-order valence-electron chi connectivity index (χ2n) is 3.89. The van der Waals surface area contributed by atoms with Gasteiger partial charge in [-0.15, -0.1) is 0 Å². The lowest BCUT2D eigenvalue weighted by Crippen LogP contribution is -2.36. The van der Waals surface area contributed by atoms with E-state index in [4.69, 9.17) is 11.7 Å². The van der Waals surface area contributed by atoms with Crippen LogP contribution in [0.5, 0.6) is 0 Å². The van der Waals surface area contributed by atoms with Crippen molar-refractivity contribution in [3.05, 3.63) is 66.2 Å². The molecule has 0 fully saturated rings. The Morgan fingerprint density at radius 2 is 1.58 bits per heavy atom. The number of amidine groups is 1. The quantitative estimate of drug-likeness (QED) is 0.390. The second-order valence-corrected chi connectivity index (χ2v) is 4.83. The molecular formula is C14H16N4S. The van der Waals surface area contributed by atoms with E-state index in [0.29, 0.717) is 5.17 Å². The van der Waals surface area contributed by atoms with Crippen LogP contribution < -0.4 is 16.7 Å². The summed E-state index contributed by atoms with van der Waals surface area (Å²) in [5.74, 6) is 12.2. The van der Waals surface area contributed by atoms with Crippen LogP contribution in [-0.2, 0) is 5.75 Å². The lowest BCUT2D eigenvalue weighted by atomic mass is 10.2. The molecule has 0 saturated heterocycles. The zero-order valence-electron chi connectivity index (χ0n) is 10.4. The highest BCUT2D eigenvalue weighted by Gasteiger charge is 2.10. The van der Waals surface area contributed by atoms with Gasteiger partial charge in [0, 0.05) is 5.75 Å². The highest BCUT2D eigenvalue weighted by atomic mass is 32.2. The Morgan fingerprint density at radius 3 is 2.16 bits per heavy atom. The molecule has 2 rings (SSSR count). The summed E-state index contributed by atoms with van der Waals surface area (Å²) in [5.41, 5.74) is 2.06. The zero-order valence-corrected chi connectivity index (χ0v) is 11.3. The molecule has 0 aliphatic rings. The first-order valence-electron chi connectivity index (χ1n) is 5.85. The Labute approximate surface area is 117 Å². The van der Waals surface area contributed by atoms with Gasteiger partial charge in [0.2, 0.25) is 5.17 Å². The van der Waals surface area contributed by atoms with E-state index >= 15 is 0 Å². The van der Waals surface area contributed by atoms with Crippen molar-refractivity contribution in [1.82, 2.24) is 0 Å². The predicted octanol–water partition coefficient (Wildman–Crippen LogP) is 2.53. The SMILES string of the molecule is N/N=C(/SCc1ccccc1)N(N)c1ccccc1. The maximum Gasteiger partial charge on any atom is 0.201 e. The molecule has 98 valence electrons. The van der Waals surface area contributed by atoms with Crippen LogP contribution in [0.25, 0.3) is 0 Å². The van der Waals surface area contributed by atoms with Gasteiger partial charge in [0.1, 0.15) is 0 Å². The second kappa shape index (κ2) is 6.82. The molecular weight excluding hydrogens is 256 g/mol. The number of nitrogens with two attached hydrogens (primary N) is 2. The highest BCUT2D eigenvalue weighted by Crippen LogP contribution is 2.19. The fourth-order valence-electron chi connectivity index (χ4n) is 1.59. The summed E-state index contributed by atoms with van der Waals surface area (Å²) in [4.78, 5) is 0. The molecule has 2 aromatic rings. The Kier molecular flexibility index (Phi) is 4.83. The van der Waals surface area contributed by atoms with Gasteiger partial charge < -0.3 is 5.84 Å². The van der Waals surface area contributed by atoms with Crippen molar-refractivity contribution in [2.24, 2.45) is 16.8 Å². The summed E-state index contributed by atoms with van der Waals surface area (Å²) in [6.45, 7) is 0. The van der Waals surface area contributed by atoms with Crippen LogP contribution in [0.15, 0.2) is 65.8 Å². The van der Waals surface area contributed by atoms with Crippen molar-refractivity contribution < 1.29 is 0 Å². The Bertz CT molecular complexity index is 528. The number of hydrazone groups is 1. The first-order valence-corrected chi connectivity index (χ1v) is 6.84. The van der Waals surface area contributed by atoms with Gasteiger partial charge in [0.05, 0.1) is 5.69 Å². The van der Waals surface area contributed by atoms with E-state index < -0.39 is 0 Å². The van der Waals surface area contributed by atoms with Crippen molar-refractivity contribution in [3.8, 4) is 0 Å². The molecule has 4 nitrogen and oxygen atoms in total. The fourth-order valence-corrected chi connectivity index (χ4v) is 2.40. The topological polar surface area (TPSA) is 67.6 Å². The number of para-hydroxylation sites is 1. The van der Waals surface area contributed by atoms with Gasteiger partial charge in [0.25, 0.3) is 0 Å². The number of hydrogen-bond acceptors (Lipinski definition) is 4. The lowest BCUT2D eigenvalue weighted by molar-refractivity contribution is 1.11. The van der Waals surface area contributed by atoms with Gasteiger partial charge in [-0.3, -0.25) is 5.01 Å². The molecule has 0 aliphatic carbocycles. The first kappa shape index (κ1) is 13.5. The molecule has 0 saturated carbocycles. The summed E-state index contributed by atoms with van der Waals surface area (Å²) < 4.78 is 0. The Morgan fingerprint density at radius 1 is 1.00 bits per heavy atom. The van der Waals surface area contributed by atoms with E-state index in [-0.39, 0.29) is 0 Å². The number of rotatable bonds is 3. The monoisotopic (exact) mass is 272 g/mol. The molecule has 2 aromatic carbocycles. The molecule has 0 atom stereocenters. The van der Waals surface area contributed by atoms with Gasteiger partial charge in [-0.2, -0.15) is 5.10 Å². The summed E-state index contributed by atoms with van der Waals surface area (Å²) >= 11 is 1.50. The van der Waals surface area contributed by atoms with E-state index in [1.165, 1.54) is 22.3 Å². The van der Waals surface area contributed by atoms with E-state index in [1.807, 2.05) is 48.5 Å². The van der Waals surface area contributed by atoms with Crippen molar-refractivity contribution >= 4 is 22.6 Å². The van der Waals surface area contributed by atoms with Gasteiger partial charge >= 0.3 is 0 Å². The maximum absolute atomic E-state index is 6.02. The van der Waals surface area contributed by atoms with Crippen LogP contribution in [-0.4, -0.2) is 5.17 Å². The van der Waals surface area contributed by atoms with Gasteiger partial charge in [0.15, 0.2) is 0 Å². The molecule has 19 heavy (non-hydrogen) atoms. The number of thioether (sulfide) groups is 1. The molecule has 0 amide bonds. The van der Waals surface area contributed by atoms with Crippen LogP contribution in [0, 0.1) is 0 Å². The number of anilines is 1. The molecule has 0 heterocycles. The minimum absolute atomic E-state index is 0.579. The van der Waals surface area contributed by atoms with Gasteiger partial charge in [-0.1, -0.05) is 60.3 Å². The van der Waals surface area contributed by atoms with Gasteiger partial charge in [-0.25, -0.2) is 5.84 Å². The molecule has 4 N–H and O–H groups in total. The number of hydrazine groups is 1. The van der Waals surface area contributed by atoms with Crippen LogP contribution in [0.1, 0.15) is 5.56 Å². The normalized spacial score (nSPS) is 11.3. The first-order chi connectivity index (χ1) is 9.31. The molecule has 0 radical (unpaired) electrons. The number of benzene rings is 2. The van der Waals surface area contributed by atoms with E-state index in [1.54, 1.807) is 0 Å². The molecule has 0 aliphatic heterocycles. The van der Waals surface area contributed by atoms with Crippen LogP contribution in [0.3, 0.4) is 0 Å². The largest absolute Gasteiger partial charge is 0.321 e. The van der Waals surface area contributed by atoms with Gasteiger partial charge in [-0.05, 0) is 17.7 Å². The Hall–Kier alpha value is -1.98. The van der Waals surface area contributed by atoms with Crippen LogP contribution in [0.2, 0.25) is 0 Å². The third-order valence-corrected chi connectivity index (χ3v) is 3.60. The van der Waals surface area contributed by atoms with E-state index in [2.05, 4.69) is 17.2 Å². The summed E-state index contributed by atoms with van der Waals surface area (Å²) in [7, 11) is 0. The minimum Gasteiger partial charge on any atom is -0.321 e. The molecule has 5 heteroatoms. The standard InChI is InChI=1S/C14H16N4S/c15-17-14(18(16)13-9-5-2-6-10-13)19-11-12-7-3-1-4-8-12/h1-10H,11,15-16H2/b17-14+. The van der Waals surface area contributed by atoms with Crippen molar-refractivity contribution in [2.75, 3.05) is 5.01 Å². The molecule has 0 spiro atoms. The minimum atomic E-state index is 0.579. The summed E-state index contributed by atoms with van der Waals surface area (Å²) in [6, 6.07) is 19.7. The van der Waals surface area contributed by atoms with Crippen LogP contribution >= 0.6 is 11.8 Å². The predicted molar refractivity (Wildman–Crippen MR) is 82.5 cm³/mol. The smallest absolute Gasteiger partial charge is 0.201 e. The Balaban J connectivity index is 2.01. The molecule has 0 bridgehead atoms. The molecule has 0 aromatic heterocycles. The summed E-state index contributed by atoms with van der Waals surface area (Å²) in [6.07, 6.45) is 0. The number of nitrogens with zero attached hydrogens (tertiary/aromatic N) is 2. The highest BCUT2D eigenvalue weighted by molar-refractivity contribution is 8.13. The fraction of sp³-hybridized carbons (Fsp3) is 0.0714. The van der Waals surface area contributed by atoms with E-state index in [9.17, 15) is 0 Å². The number of hydrogen-bond donors (Lipinski definition) is 2. The average molecular weight is 272 g/mol. The van der Waals surface area contributed by atoms with Crippen molar-refractivity contribution in [2.45, 2.75) is 5.75 Å². The maximum atomic E-state index is 6.02. The van der Waals surface area contributed by atoms with Crippen LogP contribution in [0.4, 0.5) is 5.69 Å². The average Bonchev–Trinajstić information content (AvgIpc) is 2.49. The third kappa shape index (κ3) is 3.74. The lowest BCUT2D eigenvalue weighted by Gasteiger charge is -2.19. The van der Waals surface area contributed by atoms with Crippen molar-refractivity contribution in [1.29, 1.82) is 0 Å². The summed E-state index contributed by atoms with van der Waals surface area (Å²) in [5, 5.41) is 5.83. The van der Waals surface area contributed by atoms with Crippen molar-refractivity contribution in [3.63, 3.8) is 0 Å². The third-order valence-electron chi connectivity index (χ3n) is 2.56.